The summed E-state index contributed by atoms with van der Waals surface area (Å²) >= 11 is 12.4. The second-order valence-corrected chi connectivity index (χ2v) is 5.78. The topological polar surface area (TPSA) is 0 Å². The molecule has 0 saturated carbocycles. The average molecular weight is 293 g/mol. The lowest BCUT2D eigenvalue weighted by Crippen LogP contribution is -2.05. The summed E-state index contributed by atoms with van der Waals surface area (Å²) in [6.45, 7) is 4.14. The summed E-state index contributed by atoms with van der Waals surface area (Å²) in [6, 6.07) is 14.8. The molecule has 1 unspecified atom stereocenters. The van der Waals surface area contributed by atoms with Gasteiger partial charge in [0.2, 0.25) is 0 Å². The minimum Gasteiger partial charge on any atom is -0.126 e. The first-order valence-electron chi connectivity index (χ1n) is 6.47. The Morgan fingerprint density at radius 1 is 0.947 bits per heavy atom. The second kappa shape index (κ2) is 6.45. The lowest BCUT2D eigenvalue weighted by molar-refractivity contribution is 0.766. The molecule has 0 heterocycles. The van der Waals surface area contributed by atoms with Crippen molar-refractivity contribution in [2.45, 2.75) is 26.2 Å². The van der Waals surface area contributed by atoms with Crippen LogP contribution >= 0.6 is 23.2 Å². The molecule has 0 aliphatic carbocycles. The van der Waals surface area contributed by atoms with Crippen molar-refractivity contribution < 1.29 is 0 Å². The molecule has 19 heavy (non-hydrogen) atoms. The third-order valence-electron chi connectivity index (χ3n) is 3.41. The van der Waals surface area contributed by atoms with Gasteiger partial charge in [0.1, 0.15) is 0 Å². The fourth-order valence-corrected chi connectivity index (χ4v) is 2.78. The van der Waals surface area contributed by atoms with E-state index in [4.69, 9.17) is 23.2 Å². The van der Waals surface area contributed by atoms with E-state index < -0.39 is 0 Å². The fourth-order valence-electron chi connectivity index (χ4n) is 2.18. The van der Waals surface area contributed by atoms with Crippen molar-refractivity contribution in [3.63, 3.8) is 0 Å². The zero-order valence-corrected chi connectivity index (χ0v) is 12.8. The van der Waals surface area contributed by atoms with Gasteiger partial charge in [-0.2, -0.15) is 0 Å². The summed E-state index contributed by atoms with van der Waals surface area (Å²) in [4.78, 5) is 0. The lowest BCUT2D eigenvalue weighted by atomic mass is 9.92. The van der Waals surface area contributed by atoms with Gasteiger partial charge >= 0.3 is 0 Å². The highest BCUT2D eigenvalue weighted by Crippen LogP contribution is 2.27. The van der Waals surface area contributed by atoms with Gasteiger partial charge in [-0.15, -0.1) is 11.6 Å². The number of hydrogen-bond donors (Lipinski definition) is 0. The molecule has 0 fully saturated rings. The Kier molecular flexibility index (Phi) is 4.90. The van der Waals surface area contributed by atoms with Crippen molar-refractivity contribution in [3.05, 3.63) is 69.7 Å². The van der Waals surface area contributed by atoms with Crippen molar-refractivity contribution in [2.75, 3.05) is 5.88 Å². The quantitative estimate of drug-likeness (QED) is 0.651. The van der Waals surface area contributed by atoms with Crippen LogP contribution in [0.3, 0.4) is 0 Å². The van der Waals surface area contributed by atoms with Crippen molar-refractivity contribution in [3.8, 4) is 0 Å². The molecule has 2 aromatic carbocycles. The van der Waals surface area contributed by atoms with Crippen LogP contribution in [0.25, 0.3) is 0 Å². The third kappa shape index (κ3) is 3.75. The maximum Gasteiger partial charge on any atom is 0.0440 e. The first-order valence-corrected chi connectivity index (χ1v) is 7.39. The highest BCUT2D eigenvalue weighted by molar-refractivity contribution is 6.31. The zero-order chi connectivity index (χ0) is 13.8. The molecule has 0 aliphatic heterocycles. The summed E-state index contributed by atoms with van der Waals surface area (Å²) in [5, 5.41) is 0.835. The highest BCUT2D eigenvalue weighted by atomic mass is 35.5. The normalized spacial score (nSPS) is 12.4. The van der Waals surface area contributed by atoms with Gasteiger partial charge in [0.05, 0.1) is 0 Å². The molecule has 0 amide bonds. The second-order valence-electron chi connectivity index (χ2n) is 5.06. The monoisotopic (exact) mass is 292 g/mol. The van der Waals surface area contributed by atoms with Gasteiger partial charge in [-0.05, 0) is 43.0 Å². The predicted molar refractivity (Wildman–Crippen MR) is 84.5 cm³/mol. The van der Waals surface area contributed by atoms with Gasteiger partial charge in [-0.25, -0.2) is 0 Å². The Morgan fingerprint density at radius 2 is 1.58 bits per heavy atom. The third-order valence-corrected chi connectivity index (χ3v) is 4.13. The summed E-state index contributed by atoms with van der Waals surface area (Å²) < 4.78 is 0. The van der Waals surface area contributed by atoms with Crippen LogP contribution in [0.4, 0.5) is 0 Å². The molecule has 2 heteroatoms. The Labute approximate surface area is 125 Å². The van der Waals surface area contributed by atoms with Gasteiger partial charge in [-0.3, -0.25) is 0 Å². The van der Waals surface area contributed by atoms with E-state index in [1.807, 2.05) is 6.07 Å². The molecule has 100 valence electrons. The van der Waals surface area contributed by atoms with Gasteiger partial charge < -0.3 is 0 Å². The number of rotatable bonds is 4. The van der Waals surface area contributed by atoms with Gasteiger partial charge in [0.25, 0.3) is 0 Å². The predicted octanol–water partition coefficient (Wildman–Crippen LogP) is 5.52. The van der Waals surface area contributed by atoms with Crippen molar-refractivity contribution in [1.29, 1.82) is 0 Å². The van der Waals surface area contributed by atoms with Crippen LogP contribution in [-0.2, 0) is 6.42 Å². The number of alkyl halides is 1. The first kappa shape index (κ1) is 14.4. The maximum atomic E-state index is 6.30. The SMILES string of the molecule is Cc1ccc(C(CCl)Cc2ccc(C)cc2Cl)cc1. The van der Waals surface area contributed by atoms with Crippen LogP contribution in [0.2, 0.25) is 5.02 Å². The highest BCUT2D eigenvalue weighted by Gasteiger charge is 2.13. The molecular formula is C17H18Cl2. The minimum absolute atomic E-state index is 0.308. The van der Waals surface area contributed by atoms with E-state index in [0.29, 0.717) is 11.8 Å². The number of halogens is 2. The van der Waals surface area contributed by atoms with Crippen LogP contribution in [0, 0.1) is 13.8 Å². The Hall–Kier alpha value is -0.980. The molecule has 0 aliphatic rings. The number of benzene rings is 2. The maximum absolute atomic E-state index is 6.30. The van der Waals surface area contributed by atoms with Crippen molar-refractivity contribution in [1.82, 2.24) is 0 Å². The van der Waals surface area contributed by atoms with E-state index in [9.17, 15) is 0 Å². The molecule has 1 atom stereocenters. The molecule has 0 bridgehead atoms. The van der Waals surface area contributed by atoms with E-state index >= 15 is 0 Å². The molecule has 0 aromatic heterocycles. The summed E-state index contributed by atoms with van der Waals surface area (Å²) in [5.74, 6) is 0.912. The number of aryl methyl sites for hydroxylation is 2. The fraction of sp³-hybridized carbons (Fsp3) is 0.294. The zero-order valence-electron chi connectivity index (χ0n) is 11.3. The van der Waals surface area contributed by atoms with Crippen LogP contribution in [0.15, 0.2) is 42.5 Å². The van der Waals surface area contributed by atoms with Crippen molar-refractivity contribution >= 4 is 23.2 Å². The minimum atomic E-state index is 0.308. The van der Waals surface area contributed by atoms with Crippen molar-refractivity contribution in [2.24, 2.45) is 0 Å². The molecule has 0 saturated heterocycles. The van der Waals surface area contributed by atoms with Crippen LogP contribution in [0.5, 0.6) is 0 Å². The molecule has 2 aromatic rings. The molecule has 0 radical (unpaired) electrons. The summed E-state index contributed by atoms with van der Waals surface area (Å²) in [5.41, 5.74) is 4.90. The lowest BCUT2D eigenvalue weighted by Gasteiger charge is -2.16. The van der Waals surface area contributed by atoms with E-state index in [1.165, 1.54) is 22.3 Å². The number of hydrogen-bond acceptors (Lipinski definition) is 0. The van der Waals surface area contributed by atoms with Gasteiger partial charge in [0, 0.05) is 16.8 Å². The van der Waals surface area contributed by atoms with E-state index in [1.54, 1.807) is 0 Å². The Morgan fingerprint density at radius 3 is 2.16 bits per heavy atom. The largest absolute Gasteiger partial charge is 0.126 e. The average Bonchev–Trinajstić information content (AvgIpc) is 2.39. The first-order chi connectivity index (χ1) is 9.10. The Balaban J connectivity index is 2.21. The Bertz CT molecular complexity index is 544. The molecule has 0 nitrogen and oxygen atoms in total. The smallest absolute Gasteiger partial charge is 0.0440 e. The van der Waals surface area contributed by atoms with Crippen LogP contribution < -0.4 is 0 Å². The molecule has 0 N–H and O–H groups in total. The van der Waals surface area contributed by atoms with Crippen LogP contribution in [-0.4, -0.2) is 5.88 Å². The summed E-state index contributed by atoms with van der Waals surface area (Å²) in [7, 11) is 0. The van der Waals surface area contributed by atoms with Crippen LogP contribution in [0.1, 0.15) is 28.2 Å². The van der Waals surface area contributed by atoms with E-state index in [2.05, 4.69) is 50.2 Å². The van der Waals surface area contributed by atoms with Gasteiger partial charge in [0.15, 0.2) is 0 Å². The van der Waals surface area contributed by atoms with E-state index in [0.717, 1.165) is 11.4 Å². The molecule has 2 rings (SSSR count). The molecule has 0 spiro atoms. The standard InChI is InChI=1S/C17H18Cl2/c1-12-3-6-14(7-4-12)16(11-18)10-15-8-5-13(2)9-17(15)19/h3-9,16H,10-11H2,1-2H3. The molecular weight excluding hydrogens is 275 g/mol. The van der Waals surface area contributed by atoms with Gasteiger partial charge in [-0.1, -0.05) is 53.6 Å². The summed E-state index contributed by atoms with van der Waals surface area (Å²) in [6.07, 6.45) is 0.881. The van der Waals surface area contributed by atoms with E-state index in [-0.39, 0.29) is 0 Å².